The predicted octanol–water partition coefficient (Wildman–Crippen LogP) is 2.08. The molecule has 0 fully saturated rings. The minimum atomic E-state index is -0.0440. The third-order valence-corrected chi connectivity index (χ3v) is 0.943. The molecule has 0 aromatic carbocycles. The monoisotopic (exact) mass is 145 g/mol. The van der Waals surface area contributed by atoms with Gasteiger partial charge in [0.05, 0.1) is 0 Å². The fraction of sp³-hybridized carbons (Fsp3) is 0.167. The highest BCUT2D eigenvalue weighted by Crippen LogP contribution is 2.10. The molecule has 0 atom stereocenters. The minimum absolute atomic E-state index is 0. The van der Waals surface area contributed by atoms with E-state index in [2.05, 4.69) is 4.98 Å². The van der Waals surface area contributed by atoms with Gasteiger partial charge in [0.2, 0.25) is 5.88 Å². The molecule has 50 valence electrons. The summed E-state index contributed by atoms with van der Waals surface area (Å²) in [6.07, 6.45) is 1.44. The summed E-state index contributed by atoms with van der Waals surface area (Å²) in [5.74, 6) is -0.0440. The third kappa shape index (κ3) is 2.33. The largest absolute Gasteiger partial charge is 0.493 e. The Kier molecular flexibility index (Phi) is 3.02. The second kappa shape index (κ2) is 3.30. The average Bonchev–Trinajstić information content (AvgIpc) is 1.64. The Morgan fingerprint density at radius 2 is 2.22 bits per heavy atom. The highest BCUT2D eigenvalue weighted by atomic mass is 35.5. The van der Waals surface area contributed by atoms with Crippen LogP contribution in [-0.2, 0) is 0 Å². The fourth-order valence-electron chi connectivity index (χ4n) is 0.394. The van der Waals surface area contributed by atoms with Crippen molar-refractivity contribution in [1.82, 2.24) is 4.98 Å². The van der Waals surface area contributed by atoms with E-state index >= 15 is 0 Å². The second-order valence-electron chi connectivity index (χ2n) is 1.33. The lowest BCUT2D eigenvalue weighted by Gasteiger charge is -1.87. The summed E-state index contributed by atoms with van der Waals surface area (Å²) in [4.78, 5) is 3.51. The molecule has 1 aromatic heterocycles. The molecule has 0 radical (unpaired) electrons. The molecule has 1 aromatic rings. The number of halogens is 1. The lowest BCUT2D eigenvalue weighted by molar-refractivity contribution is 0.453. The maximum atomic E-state index is 8.62. The van der Waals surface area contributed by atoms with Crippen molar-refractivity contribution in [3.05, 3.63) is 23.4 Å². The Hall–Kier alpha value is -0.760. The molecule has 3 heteroatoms. The van der Waals surface area contributed by atoms with Crippen molar-refractivity contribution in [3.8, 4) is 5.88 Å². The number of hydrogen-bond acceptors (Lipinski definition) is 2. The van der Waals surface area contributed by atoms with Crippen molar-refractivity contribution in [1.29, 1.82) is 0 Å². The van der Waals surface area contributed by atoms with Crippen molar-refractivity contribution < 1.29 is 5.11 Å². The molecule has 0 aliphatic rings. The minimum Gasteiger partial charge on any atom is -0.493 e. The number of nitrogens with zero attached hydrogens (tertiary/aromatic N) is 1. The van der Waals surface area contributed by atoms with Gasteiger partial charge in [-0.15, -0.1) is 0 Å². The van der Waals surface area contributed by atoms with E-state index in [-0.39, 0.29) is 13.3 Å². The van der Waals surface area contributed by atoms with E-state index in [1.165, 1.54) is 12.3 Å². The molecule has 0 bridgehead atoms. The van der Waals surface area contributed by atoms with Gasteiger partial charge in [-0.1, -0.05) is 19.0 Å². The standard InChI is InChI=1S/C5H4ClNO.CH4/c6-4-1-2-7-5(8)3-4;/h1-3H,(H,7,8);1H4. The van der Waals surface area contributed by atoms with Gasteiger partial charge in [-0.05, 0) is 6.07 Å². The molecule has 0 unspecified atom stereocenters. The average molecular weight is 146 g/mol. The van der Waals surface area contributed by atoms with Gasteiger partial charge in [-0.25, -0.2) is 4.98 Å². The number of aromatic hydroxyl groups is 1. The van der Waals surface area contributed by atoms with Gasteiger partial charge < -0.3 is 5.11 Å². The molecule has 0 amide bonds. The van der Waals surface area contributed by atoms with Gasteiger partial charge in [0.15, 0.2) is 0 Å². The van der Waals surface area contributed by atoms with Crippen molar-refractivity contribution in [2.75, 3.05) is 0 Å². The van der Waals surface area contributed by atoms with Gasteiger partial charge >= 0.3 is 0 Å². The third-order valence-electron chi connectivity index (χ3n) is 0.708. The smallest absolute Gasteiger partial charge is 0.212 e. The molecule has 9 heavy (non-hydrogen) atoms. The number of aromatic nitrogens is 1. The van der Waals surface area contributed by atoms with Crippen LogP contribution in [0, 0.1) is 0 Å². The van der Waals surface area contributed by atoms with Crippen LogP contribution in [0.25, 0.3) is 0 Å². The van der Waals surface area contributed by atoms with Crippen LogP contribution in [0.1, 0.15) is 7.43 Å². The topological polar surface area (TPSA) is 33.1 Å². The van der Waals surface area contributed by atoms with Crippen LogP contribution >= 0.6 is 11.6 Å². The van der Waals surface area contributed by atoms with Crippen LogP contribution in [0.4, 0.5) is 0 Å². The van der Waals surface area contributed by atoms with Crippen LogP contribution in [0.5, 0.6) is 5.88 Å². The van der Waals surface area contributed by atoms with Gasteiger partial charge in [0.1, 0.15) is 0 Å². The van der Waals surface area contributed by atoms with E-state index in [1.54, 1.807) is 6.07 Å². The normalized spacial score (nSPS) is 8.11. The van der Waals surface area contributed by atoms with E-state index in [0.29, 0.717) is 5.02 Å². The summed E-state index contributed by atoms with van der Waals surface area (Å²) in [6, 6.07) is 2.98. The quantitative estimate of drug-likeness (QED) is 0.607. The Bertz CT molecular complexity index is 173. The van der Waals surface area contributed by atoms with Crippen LogP contribution < -0.4 is 0 Å². The zero-order valence-electron chi connectivity index (χ0n) is 4.00. The van der Waals surface area contributed by atoms with Gasteiger partial charge in [-0.2, -0.15) is 0 Å². The second-order valence-corrected chi connectivity index (χ2v) is 1.77. The van der Waals surface area contributed by atoms with Crippen molar-refractivity contribution >= 4 is 11.6 Å². The molecule has 1 N–H and O–H groups in total. The predicted molar refractivity (Wildman–Crippen MR) is 37.6 cm³/mol. The molecule has 1 heterocycles. The molecular weight excluding hydrogens is 138 g/mol. The van der Waals surface area contributed by atoms with Crippen molar-refractivity contribution in [2.45, 2.75) is 7.43 Å². The lowest BCUT2D eigenvalue weighted by Crippen LogP contribution is -1.69. The first kappa shape index (κ1) is 8.24. The maximum absolute atomic E-state index is 8.62. The first-order valence-electron chi connectivity index (χ1n) is 2.09. The highest BCUT2D eigenvalue weighted by Gasteiger charge is 1.86. The molecule has 0 aliphatic carbocycles. The van der Waals surface area contributed by atoms with E-state index in [4.69, 9.17) is 16.7 Å². The summed E-state index contributed by atoms with van der Waals surface area (Å²) in [5.41, 5.74) is 0. The van der Waals surface area contributed by atoms with Crippen LogP contribution in [0.15, 0.2) is 18.3 Å². The molecule has 1 rings (SSSR count). The van der Waals surface area contributed by atoms with Crippen molar-refractivity contribution in [2.24, 2.45) is 0 Å². The Morgan fingerprint density at radius 3 is 2.56 bits per heavy atom. The summed E-state index contributed by atoms with van der Waals surface area (Å²) in [7, 11) is 0. The van der Waals surface area contributed by atoms with Crippen LogP contribution in [0.3, 0.4) is 0 Å². The number of hydrogen-bond donors (Lipinski definition) is 1. The number of rotatable bonds is 0. The van der Waals surface area contributed by atoms with Gasteiger partial charge in [0, 0.05) is 17.3 Å². The first-order chi connectivity index (χ1) is 3.79. The molecule has 0 aliphatic heterocycles. The zero-order chi connectivity index (χ0) is 5.98. The Labute approximate surface area is 59.1 Å². The molecule has 0 spiro atoms. The molecule has 2 nitrogen and oxygen atoms in total. The van der Waals surface area contributed by atoms with Crippen LogP contribution in [0.2, 0.25) is 5.02 Å². The maximum Gasteiger partial charge on any atom is 0.212 e. The molecule has 0 saturated carbocycles. The Morgan fingerprint density at radius 1 is 1.56 bits per heavy atom. The molecular formula is C6H8ClNO. The van der Waals surface area contributed by atoms with E-state index < -0.39 is 0 Å². The van der Waals surface area contributed by atoms with Crippen LogP contribution in [-0.4, -0.2) is 10.1 Å². The zero-order valence-corrected chi connectivity index (χ0v) is 4.76. The van der Waals surface area contributed by atoms with Gasteiger partial charge in [0.25, 0.3) is 0 Å². The number of pyridine rings is 1. The van der Waals surface area contributed by atoms with E-state index in [1.807, 2.05) is 0 Å². The highest BCUT2D eigenvalue weighted by molar-refractivity contribution is 6.30. The summed E-state index contributed by atoms with van der Waals surface area (Å²) in [5, 5.41) is 9.12. The van der Waals surface area contributed by atoms with E-state index in [0.717, 1.165) is 0 Å². The fourth-order valence-corrected chi connectivity index (χ4v) is 0.547. The summed E-state index contributed by atoms with van der Waals surface area (Å²) in [6.45, 7) is 0. The summed E-state index contributed by atoms with van der Waals surface area (Å²) >= 11 is 5.44. The van der Waals surface area contributed by atoms with Crippen molar-refractivity contribution in [3.63, 3.8) is 0 Å². The first-order valence-corrected chi connectivity index (χ1v) is 2.47. The lowest BCUT2D eigenvalue weighted by atomic mass is 10.5. The summed E-state index contributed by atoms with van der Waals surface area (Å²) < 4.78 is 0. The Balaban J connectivity index is 0.000000640. The molecule has 0 saturated heterocycles. The van der Waals surface area contributed by atoms with E-state index in [9.17, 15) is 0 Å². The SMILES string of the molecule is C.Oc1cc(Cl)ccn1. The van der Waals surface area contributed by atoms with Gasteiger partial charge in [-0.3, -0.25) is 0 Å².